The normalized spacial score (nSPS) is 12.9. The number of ketones is 1. The molecule has 0 aromatic heterocycles. The highest BCUT2D eigenvalue weighted by molar-refractivity contribution is 6.30. The Bertz CT molecular complexity index is 503. The molecule has 1 atom stereocenters. The lowest BCUT2D eigenvalue weighted by atomic mass is 9.95. The lowest BCUT2D eigenvalue weighted by molar-refractivity contribution is -0.124. The molecule has 0 radical (unpaired) electrons. The van der Waals surface area contributed by atoms with Gasteiger partial charge in [-0.1, -0.05) is 37.6 Å². The molecule has 0 unspecified atom stereocenters. The number of nitrogens with one attached hydrogen (secondary N) is 1. The third-order valence-electron chi connectivity index (χ3n) is 2.72. The van der Waals surface area contributed by atoms with Crippen LogP contribution in [0.15, 0.2) is 24.3 Å². The summed E-state index contributed by atoms with van der Waals surface area (Å²) in [6.45, 7) is 8.90. The second-order valence-electron chi connectivity index (χ2n) is 6.19. The maximum absolute atomic E-state index is 12.3. The first-order valence-corrected chi connectivity index (χ1v) is 7.26. The van der Waals surface area contributed by atoms with Crippen molar-refractivity contribution in [2.75, 3.05) is 0 Å². The molecule has 0 fully saturated rings. The number of carbonyl (C=O) groups excluding carboxylic acids is 2. The summed E-state index contributed by atoms with van der Waals surface area (Å²) in [6, 6.07) is 6.09. The van der Waals surface area contributed by atoms with E-state index in [1.54, 1.807) is 58.9 Å². The zero-order chi connectivity index (χ0) is 16.2. The highest BCUT2D eigenvalue weighted by atomic mass is 35.5. The molecule has 21 heavy (non-hydrogen) atoms. The van der Waals surface area contributed by atoms with E-state index < -0.39 is 17.7 Å². The first-order chi connectivity index (χ1) is 9.60. The smallest absolute Gasteiger partial charge is 0.408 e. The molecule has 5 heteroatoms. The van der Waals surface area contributed by atoms with Gasteiger partial charge in [-0.05, 0) is 38.5 Å². The molecular weight excluding hydrogens is 290 g/mol. The SMILES string of the molecule is CC(C)C(=O)[C@H](NC(=O)OC(C)(C)C)c1ccc(Cl)cc1. The van der Waals surface area contributed by atoms with Crippen molar-refractivity contribution in [2.24, 2.45) is 5.92 Å². The molecule has 0 aliphatic heterocycles. The van der Waals surface area contributed by atoms with Gasteiger partial charge in [0.1, 0.15) is 11.6 Å². The van der Waals surface area contributed by atoms with Gasteiger partial charge in [-0.25, -0.2) is 4.79 Å². The van der Waals surface area contributed by atoms with Crippen LogP contribution in [0, 0.1) is 5.92 Å². The van der Waals surface area contributed by atoms with Gasteiger partial charge in [-0.2, -0.15) is 0 Å². The van der Waals surface area contributed by atoms with Gasteiger partial charge in [0.25, 0.3) is 0 Å². The molecule has 1 aromatic rings. The fourth-order valence-corrected chi connectivity index (χ4v) is 1.86. The quantitative estimate of drug-likeness (QED) is 0.909. The number of halogens is 1. The summed E-state index contributed by atoms with van der Waals surface area (Å²) in [5.41, 5.74) is 0.0687. The van der Waals surface area contributed by atoms with Crippen LogP contribution >= 0.6 is 11.6 Å². The molecule has 0 bridgehead atoms. The minimum atomic E-state index is -0.739. The Morgan fingerprint density at radius 1 is 1.14 bits per heavy atom. The molecule has 0 aliphatic carbocycles. The Labute approximate surface area is 130 Å². The van der Waals surface area contributed by atoms with Crippen molar-refractivity contribution in [3.8, 4) is 0 Å². The second kappa shape index (κ2) is 6.94. The van der Waals surface area contributed by atoms with Crippen LogP contribution in [-0.2, 0) is 9.53 Å². The second-order valence-corrected chi connectivity index (χ2v) is 6.62. The Morgan fingerprint density at radius 2 is 1.67 bits per heavy atom. The van der Waals surface area contributed by atoms with E-state index in [4.69, 9.17) is 16.3 Å². The molecule has 1 aromatic carbocycles. The molecule has 0 aliphatic rings. The van der Waals surface area contributed by atoms with Crippen LogP contribution in [0.3, 0.4) is 0 Å². The Kier molecular flexibility index (Phi) is 5.78. The minimum absolute atomic E-state index is 0.0804. The summed E-state index contributed by atoms with van der Waals surface area (Å²) < 4.78 is 5.21. The molecule has 4 nitrogen and oxygen atoms in total. The maximum atomic E-state index is 12.3. The molecule has 1 amide bonds. The average molecular weight is 312 g/mol. The predicted molar refractivity (Wildman–Crippen MR) is 83.4 cm³/mol. The van der Waals surface area contributed by atoms with Gasteiger partial charge < -0.3 is 10.1 Å². The van der Waals surface area contributed by atoms with Crippen molar-refractivity contribution >= 4 is 23.5 Å². The van der Waals surface area contributed by atoms with Crippen LogP contribution in [-0.4, -0.2) is 17.5 Å². The number of alkyl carbamates (subject to hydrolysis) is 1. The number of benzene rings is 1. The van der Waals surface area contributed by atoms with E-state index in [-0.39, 0.29) is 11.7 Å². The van der Waals surface area contributed by atoms with E-state index in [2.05, 4.69) is 5.32 Å². The van der Waals surface area contributed by atoms with Gasteiger partial charge in [0.05, 0.1) is 0 Å². The van der Waals surface area contributed by atoms with Gasteiger partial charge in [0.15, 0.2) is 5.78 Å². The van der Waals surface area contributed by atoms with Gasteiger partial charge >= 0.3 is 6.09 Å². The molecule has 1 rings (SSSR count). The number of hydrogen-bond acceptors (Lipinski definition) is 3. The van der Waals surface area contributed by atoms with Crippen molar-refractivity contribution < 1.29 is 14.3 Å². The third-order valence-corrected chi connectivity index (χ3v) is 2.97. The summed E-state index contributed by atoms with van der Waals surface area (Å²) >= 11 is 5.85. The molecular formula is C16H22ClNO3. The number of amides is 1. The van der Waals surface area contributed by atoms with Crippen molar-refractivity contribution in [1.29, 1.82) is 0 Å². The van der Waals surface area contributed by atoms with Crippen LogP contribution < -0.4 is 5.32 Å². The number of carbonyl (C=O) groups is 2. The average Bonchev–Trinajstić information content (AvgIpc) is 2.34. The number of rotatable bonds is 4. The zero-order valence-corrected chi connectivity index (χ0v) is 13.8. The van der Waals surface area contributed by atoms with Crippen molar-refractivity contribution in [3.63, 3.8) is 0 Å². The molecule has 0 spiro atoms. The standard InChI is InChI=1S/C16H22ClNO3/c1-10(2)14(19)13(11-6-8-12(17)9-7-11)18-15(20)21-16(3,4)5/h6-10,13H,1-5H3,(H,18,20)/t13-/m1/s1. The minimum Gasteiger partial charge on any atom is -0.444 e. The maximum Gasteiger partial charge on any atom is 0.408 e. The van der Waals surface area contributed by atoms with Crippen LogP contribution in [0.5, 0.6) is 0 Å². The molecule has 116 valence electrons. The van der Waals surface area contributed by atoms with Crippen molar-refractivity contribution in [1.82, 2.24) is 5.32 Å². The number of Topliss-reactive ketones (excluding diaryl/α,β-unsaturated/α-hetero) is 1. The lowest BCUT2D eigenvalue weighted by Crippen LogP contribution is -2.39. The van der Waals surface area contributed by atoms with Crippen LogP contribution in [0.1, 0.15) is 46.2 Å². The fraction of sp³-hybridized carbons (Fsp3) is 0.500. The number of hydrogen-bond donors (Lipinski definition) is 1. The van der Waals surface area contributed by atoms with Crippen LogP contribution in [0.4, 0.5) is 4.79 Å². The number of ether oxygens (including phenoxy) is 1. The topological polar surface area (TPSA) is 55.4 Å². The highest BCUT2D eigenvalue weighted by Gasteiger charge is 2.27. The first kappa shape index (κ1) is 17.5. The highest BCUT2D eigenvalue weighted by Crippen LogP contribution is 2.21. The zero-order valence-electron chi connectivity index (χ0n) is 13.1. The van der Waals surface area contributed by atoms with Gasteiger partial charge in [-0.3, -0.25) is 4.79 Å². The molecule has 0 saturated carbocycles. The van der Waals surface area contributed by atoms with Crippen molar-refractivity contribution in [3.05, 3.63) is 34.9 Å². The largest absolute Gasteiger partial charge is 0.444 e. The van der Waals surface area contributed by atoms with E-state index in [1.807, 2.05) is 0 Å². The van der Waals surface area contributed by atoms with Gasteiger partial charge in [-0.15, -0.1) is 0 Å². The van der Waals surface area contributed by atoms with E-state index in [1.165, 1.54) is 0 Å². The Morgan fingerprint density at radius 3 is 2.10 bits per heavy atom. The summed E-state index contributed by atoms with van der Waals surface area (Å²) in [7, 11) is 0. The van der Waals surface area contributed by atoms with Gasteiger partial charge in [0.2, 0.25) is 0 Å². The van der Waals surface area contributed by atoms with Gasteiger partial charge in [0, 0.05) is 10.9 Å². The summed E-state index contributed by atoms with van der Waals surface area (Å²) in [4.78, 5) is 24.3. The fourth-order valence-electron chi connectivity index (χ4n) is 1.73. The Hall–Kier alpha value is -1.55. The monoisotopic (exact) mass is 311 g/mol. The van der Waals surface area contributed by atoms with E-state index in [9.17, 15) is 9.59 Å². The molecule has 0 heterocycles. The van der Waals surface area contributed by atoms with Crippen molar-refractivity contribution in [2.45, 2.75) is 46.3 Å². The van der Waals surface area contributed by atoms with E-state index in [0.717, 1.165) is 0 Å². The third kappa shape index (κ3) is 5.76. The predicted octanol–water partition coefficient (Wildman–Crippen LogP) is 4.13. The Balaban J connectivity index is 2.96. The van der Waals surface area contributed by atoms with E-state index in [0.29, 0.717) is 10.6 Å². The summed E-state index contributed by atoms with van der Waals surface area (Å²) in [5.74, 6) is -0.288. The van der Waals surface area contributed by atoms with Crippen LogP contribution in [0.2, 0.25) is 5.02 Å². The van der Waals surface area contributed by atoms with Crippen LogP contribution in [0.25, 0.3) is 0 Å². The summed E-state index contributed by atoms with van der Waals surface area (Å²) in [5, 5.41) is 3.21. The van der Waals surface area contributed by atoms with E-state index >= 15 is 0 Å². The summed E-state index contributed by atoms with van der Waals surface area (Å²) in [6.07, 6.45) is -0.614. The lowest BCUT2D eigenvalue weighted by Gasteiger charge is -2.24. The first-order valence-electron chi connectivity index (χ1n) is 6.89. The molecule has 0 saturated heterocycles. The molecule has 1 N–H and O–H groups in total.